The second-order valence-electron chi connectivity index (χ2n) is 14.7. The van der Waals surface area contributed by atoms with Crippen molar-refractivity contribution in [3.63, 3.8) is 0 Å². The number of aromatic nitrogens is 2. The van der Waals surface area contributed by atoms with Gasteiger partial charge in [-0.1, -0.05) is 164 Å². The van der Waals surface area contributed by atoms with Crippen LogP contribution in [0, 0.1) is 0 Å². The molecule has 5 heteroatoms. The minimum atomic E-state index is -0.469. The molecule has 1 aliphatic rings. The maximum Gasteiger partial charge on any atom is 0.206 e. The number of nitrogens with zero attached hydrogens (tertiary/aromatic N) is 5. The summed E-state index contributed by atoms with van der Waals surface area (Å²) < 4.78 is 4.87. The van der Waals surface area contributed by atoms with Gasteiger partial charge < -0.3 is 9.47 Å². The molecule has 10 aromatic rings. The van der Waals surface area contributed by atoms with Crippen LogP contribution >= 0.6 is 0 Å². The molecule has 0 saturated heterocycles. The summed E-state index contributed by atoms with van der Waals surface area (Å²) in [6.45, 7) is 0. The molecule has 0 amide bonds. The number of aliphatic imine (C=N–C) groups is 2. The highest BCUT2D eigenvalue weighted by Crippen LogP contribution is 2.43. The van der Waals surface area contributed by atoms with Crippen LogP contribution in [0.3, 0.4) is 0 Å². The maximum absolute atomic E-state index is 5.64. The molecular weight excluding hydrogens is 695 g/mol. The van der Waals surface area contributed by atoms with Crippen molar-refractivity contribution in [3.8, 4) is 27.9 Å². The lowest BCUT2D eigenvalue weighted by molar-refractivity contribution is 0.297. The zero-order valence-electron chi connectivity index (χ0n) is 31.4. The monoisotopic (exact) mass is 731 g/mol. The third kappa shape index (κ3) is 5.39. The molecule has 0 saturated carbocycles. The van der Waals surface area contributed by atoms with E-state index in [-0.39, 0.29) is 0 Å². The van der Waals surface area contributed by atoms with E-state index in [1.54, 1.807) is 0 Å². The lowest BCUT2D eigenvalue weighted by Crippen LogP contribution is -2.38. The summed E-state index contributed by atoms with van der Waals surface area (Å²) in [5, 5.41) is 4.79. The van der Waals surface area contributed by atoms with Gasteiger partial charge in [0.05, 0.1) is 22.1 Å². The molecule has 3 heterocycles. The fourth-order valence-electron chi connectivity index (χ4n) is 8.71. The van der Waals surface area contributed by atoms with Crippen LogP contribution in [0.2, 0.25) is 0 Å². The molecule has 0 radical (unpaired) electrons. The van der Waals surface area contributed by atoms with Crippen LogP contribution in [0.15, 0.2) is 210 Å². The molecule has 270 valence electrons. The number of fused-ring (bicyclic) bond motifs is 7. The van der Waals surface area contributed by atoms with Crippen molar-refractivity contribution in [2.75, 3.05) is 7.05 Å². The van der Waals surface area contributed by atoms with Crippen LogP contribution in [-0.2, 0) is 0 Å². The first-order chi connectivity index (χ1) is 28.2. The van der Waals surface area contributed by atoms with Crippen molar-refractivity contribution in [1.82, 2.24) is 14.0 Å². The van der Waals surface area contributed by atoms with Gasteiger partial charge in [0.1, 0.15) is 5.84 Å². The smallest absolute Gasteiger partial charge is 0.206 e. The summed E-state index contributed by atoms with van der Waals surface area (Å²) in [5.41, 5.74) is 12.3. The molecule has 0 aliphatic carbocycles. The fourth-order valence-corrected chi connectivity index (χ4v) is 8.71. The first-order valence-corrected chi connectivity index (χ1v) is 19.4. The Kier molecular flexibility index (Phi) is 7.71. The Balaban J connectivity index is 1.21. The average molecular weight is 732 g/mol. The molecule has 0 spiro atoms. The van der Waals surface area contributed by atoms with E-state index in [1.807, 2.05) is 0 Å². The van der Waals surface area contributed by atoms with E-state index in [0.29, 0.717) is 5.84 Å². The molecule has 1 unspecified atom stereocenters. The van der Waals surface area contributed by atoms with Gasteiger partial charge in [0.2, 0.25) is 6.29 Å². The Morgan fingerprint density at radius 1 is 0.404 bits per heavy atom. The van der Waals surface area contributed by atoms with Crippen molar-refractivity contribution >= 4 is 55.3 Å². The fraction of sp³-hybridized carbons (Fsp3) is 0.0385. The first-order valence-electron chi connectivity index (χ1n) is 19.4. The quantitative estimate of drug-likeness (QED) is 0.168. The predicted octanol–water partition coefficient (Wildman–Crippen LogP) is 12.5. The SMILES string of the molecule is CN1C(c2cccc(-c3ccccc3)c2)=NC(c2cccc(-c3ccccc3)c2)=NC1n1c2ccccc2c2ccc3c4ccccc4n(-c4ccccc4)c3c21. The normalized spacial score (nSPS) is 14.4. The van der Waals surface area contributed by atoms with Crippen LogP contribution in [0.1, 0.15) is 17.4 Å². The van der Waals surface area contributed by atoms with Crippen LogP contribution in [-0.4, -0.2) is 32.8 Å². The van der Waals surface area contributed by atoms with Gasteiger partial charge in [0, 0.05) is 45.4 Å². The molecule has 2 aromatic heterocycles. The Labute approximate surface area is 330 Å². The van der Waals surface area contributed by atoms with Crippen molar-refractivity contribution in [3.05, 3.63) is 211 Å². The van der Waals surface area contributed by atoms with Crippen molar-refractivity contribution in [2.45, 2.75) is 6.29 Å². The minimum Gasteiger partial charge on any atom is -0.320 e. The Hall–Kier alpha value is -7.50. The zero-order valence-corrected chi connectivity index (χ0v) is 31.4. The Morgan fingerprint density at radius 3 is 1.56 bits per heavy atom. The van der Waals surface area contributed by atoms with Gasteiger partial charge in [0.25, 0.3) is 0 Å². The highest BCUT2D eigenvalue weighted by molar-refractivity contribution is 6.23. The third-order valence-corrected chi connectivity index (χ3v) is 11.3. The van der Waals surface area contributed by atoms with Gasteiger partial charge in [-0.05, 0) is 58.7 Å². The minimum absolute atomic E-state index is 0.469. The van der Waals surface area contributed by atoms with E-state index in [2.05, 4.69) is 221 Å². The van der Waals surface area contributed by atoms with E-state index in [9.17, 15) is 0 Å². The second-order valence-corrected chi connectivity index (χ2v) is 14.7. The number of hydrogen-bond acceptors (Lipinski definition) is 3. The summed E-state index contributed by atoms with van der Waals surface area (Å²) in [4.78, 5) is 13.3. The summed E-state index contributed by atoms with van der Waals surface area (Å²) in [6, 6.07) is 71.2. The molecule has 1 aliphatic heterocycles. The Bertz CT molecular complexity index is 3190. The molecule has 1 atom stereocenters. The van der Waals surface area contributed by atoms with Gasteiger partial charge >= 0.3 is 0 Å². The van der Waals surface area contributed by atoms with E-state index in [0.717, 1.165) is 61.5 Å². The average Bonchev–Trinajstić information content (AvgIpc) is 3.81. The van der Waals surface area contributed by atoms with Gasteiger partial charge in [-0.25, -0.2) is 9.98 Å². The largest absolute Gasteiger partial charge is 0.320 e. The topological polar surface area (TPSA) is 37.8 Å². The highest BCUT2D eigenvalue weighted by atomic mass is 15.4. The van der Waals surface area contributed by atoms with Crippen LogP contribution in [0.4, 0.5) is 0 Å². The number of rotatable bonds is 6. The van der Waals surface area contributed by atoms with Gasteiger partial charge in [0.15, 0.2) is 5.84 Å². The van der Waals surface area contributed by atoms with Gasteiger partial charge in [-0.3, -0.25) is 4.57 Å². The molecule has 0 fully saturated rings. The molecule has 11 rings (SSSR count). The second kappa shape index (κ2) is 13.4. The van der Waals surface area contributed by atoms with Crippen molar-refractivity contribution in [1.29, 1.82) is 0 Å². The van der Waals surface area contributed by atoms with Crippen molar-refractivity contribution in [2.24, 2.45) is 9.98 Å². The third-order valence-electron chi connectivity index (χ3n) is 11.3. The highest BCUT2D eigenvalue weighted by Gasteiger charge is 2.31. The van der Waals surface area contributed by atoms with Crippen LogP contribution < -0.4 is 0 Å². The van der Waals surface area contributed by atoms with E-state index >= 15 is 0 Å². The van der Waals surface area contributed by atoms with Crippen LogP contribution in [0.5, 0.6) is 0 Å². The molecular formula is C52H37N5. The van der Waals surface area contributed by atoms with Gasteiger partial charge in [-0.2, -0.15) is 0 Å². The van der Waals surface area contributed by atoms with Gasteiger partial charge in [-0.15, -0.1) is 0 Å². The van der Waals surface area contributed by atoms with Crippen molar-refractivity contribution < 1.29 is 0 Å². The summed E-state index contributed by atoms with van der Waals surface area (Å²) in [7, 11) is 2.13. The standard InChI is InChI=1S/C52H37N5/c1-55-51(40-24-16-22-38(34-40)36-19-7-3-8-20-36)53-50(39-23-15-21-37(33-39)35-17-5-2-6-18-35)54-52(55)57-47-30-14-12-28-43(47)45-32-31-44-42-27-11-13-29-46(42)56(48(44)49(45)57)41-25-9-4-10-26-41/h2-34,52H,1H3. The zero-order chi connectivity index (χ0) is 37.9. The molecule has 5 nitrogen and oxygen atoms in total. The number of benzene rings is 8. The van der Waals surface area contributed by atoms with E-state index < -0.39 is 6.29 Å². The summed E-state index contributed by atoms with van der Waals surface area (Å²) in [5.74, 6) is 1.55. The molecule has 0 N–H and O–H groups in total. The lowest BCUT2D eigenvalue weighted by Gasteiger charge is -2.34. The summed E-state index contributed by atoms with van der Waals surface area (Å²) >= 11 is 0. The first kappa shape index (κ1) is 32.9. The molecule has 57 heavy (non-hydrogen) atoms. The number of amidine groups is 2. The van der Waals surface area contributed by atoms with E-state index in [4.69, 9.17) is 9.98 Å². The van der Waals surface area contributed by atoms with Crippen LogP contribution in [0.25, 0.3) is 71.6 Å². The lowest BCUT2D eigenvalue weighted by atomic mass is 10.0. The Morgan fingerprint density at radius 2 is 0.895 bits per heavy atom. The maximum atomic E-state index is 5.64. The summed E-state index contributed by atoms with van der Waals surface area (Å²) in [6.07, 6.45) is -0.469. The number of hydrogen-bond donors (Lipinski definition) is 0. The van der Waals surface area contributed by atoms with E-state index in [1.165, 1.54) is 27.1 Å². The molecule has 8 aromatic carbocycles. The molecule has 0 bridgehead atoms. The number of para-hydroxylation sites is 3. The predicted molar refractivity (Wildman–Crippen MR) is 237 cm³/mol.